The molecule has 1 aromatic heterocycles. The van der Waals surface area contributed by atoms with Gasteiger partial charge in [0.05, 0.1) is 5.56 Å². The van der Waals surface area contributed by atoms with E-state index in [1.165, 1.54) is 6.92 Å². The molecule has 1 heterocycles. The Bertz CT molecular complexity index is 358. The van der Waals surface area contributed by atoms with Gasteiger partial charge in [-0.15, -0.1) is 0 Å². The van der Waals surface area contributed by atoms with Crippen LogP contribution in [-0.4, -0.2) is 16.4 Å². The largest absolute Gasteiger partial charge is 0.471 e. The van der Waals surface area contributed by atoms with Crippen LogP contribution in [0, 0.1) is 0 Å². The van der Waals surface area contributed by atoms with Gasteiger partial charge in [0.1, 0.15) is 5.60 Å². The summed E-state index contributed by atoms with van der Waals surface area (Å²) in [7, 11) is 0. The summed E-state index contributed by atoms with van der Waals surface area (Å²) in [5.41, 5.74) is 0.248. The number of nitrogens with zero attached hydrogens (tertiary/aromatic N) is 1. The van der Waals surface area contributed by atoms with E-state index in [2.05, 4.69) is 4.98 Å². The number of pyridine rings is 1. The Hall–Kier alpha value is -1.38. The first kappa shape index (κ1) is 11.7. The first-order chi connectivity index (χ1) is 6.96. The molecule has 1 rings (SSSR count). The predicted molar refractivity (Wildman–Crippen MR) is 59.2 cm³/mol. The lowest BCUT2D eigenvalue weighted by Gasteiger charge is -2.24. The van der Waals surface area contributed by atoms with Gasteiger partial charge in [-0.05, 0) is 39.3 Å². The van der Waals surface area contributed by atoms with Crippen LogP contribution < -0.4 is 4.74 Å². The molecule has 0 aliphatic rings. The summed E-state index contributed by atoms with van der Waals surface area (Å²) in [5, 5.41) is 0. The second-order valence-electron chi connectivity index (χ2n) is 4.13. The Morgan fingerprint density at radius 2 is 2.20 bits per heavy atom. The highest BCUT2D eigenvalue weighted by Gasteiger charge is 2.20. The van der Waals surface area contributed by atoms with E-state index in [9.17, 15) is 4.79 Å². The van der Waals surface area contributed by atoms with Crippen molar-refractivity contribution in [1.82, 2.24) is 4.98 Å². The van der Waals surface area contributed by atoms with Crippen LogP contribution in [-0.2, 0) is 0 Å². The summed E-state index contributed by atoms with van der Waals surface area (Å²) < 4.78 is 5.71. The number of carbonyl (C=O) groups excluding carboxylic acids is 1. The van der Waals surface area contributed by atoms with Gasteiger partial charge in [0, 0.05) is 6.20 Å². The van der Waals surface area contributed by atoms with Gasteiger partial charge in [-0.3, -0.25) is 4.79 Å². The van der Waals surface area contributed by atoms with Crippen molar-refractivity contribution in [3.63, 3.8) is 0 Å². The number of rotatable bonds is 4. The highest BCUT2D eigenvalue weighted by atomic mass is 16.5. The minimum atomic E-state index is -0.293. The maximum absolute atomic E-state index is 11.3. The molecule has 0 spiro atoms. The van der Waals surface area contributed by atoms with E-state index in [1.807, 2.05) is 20.8 Å². The minimum absolute atomic E-state index is 0.0231. The fraction of sp³-hybridized carbons (Fsp3) is 0.500. The molecule has 0 atom stereocenters. The summed E-state index contributed by atoms with van der Waals surface area (Å²) in [6.45, 7) is 7.51. The molecular weight excluding hydrogens is 190 g/mol. The van der Waals surface area contributed by atoms with E-state index in [0.29, 0.717) is 11.4 Å². The lowest BCUT2D eigenvalue weighted by atomic mass is 10.1. The van der Waals surface area contributed by atoms with E-state index >= 15 is 0 Å². The topological polar surface area (TPSA) is 39.2 Å². The molecule has 3 nitrogen and oxygen atoms in total. The van der Waals surface area contributed by atoms with Gasteiger partial charge in [0.15, 0.2) is 5.78 Å². The van der Waals surface area contributed by atoms with Gasteiger partial charge in [-0.2, -0.15) is 0 Å². The van der Waals surface area contributed by atoms with Crippen LogP contribution >= 0.6 is 0 Å². The van der Waals surface area contributed by atoms with Crippen molar-refractivity contribution < 1.29 is 9.53 Å². The van der Waals surface area contributed by atoms with Crippen LogP contribution in [0.3, 0.4) is 0 Å². The van der Waals surface area contributed by atoms with Crippen molar-refractivity contribution in [1.29, 1.82) is 0 Å². The monoisotopic (exact) mass is 207 g/mol. The molecule has 0 aliphatic heterocycles. The average molecular weight is 207 g/mol. The Labute approximate surface area is 90.5 Å². The molecule has 0 unspecified atom stereocenters. The first-order valence-corrected chi connectivity index (χ1v) is 5.11. The van der Waals surface area contributed by atoms with Crippen molar-refractivity contribution in [2.45, 2.75) is 39.7 Å². The van der Waals surface area contributed by atoms with Crippen molar-refractivity contribution in [3.8, 4) is 5.88 Å². The quantitative estimate of drug-likeness (QED) is 0.713. The maximum Gasteiger partial charge on any atom is 0.224 e. The predicted octanol–water partition coefficient (Wildman–Crippen LogP) is 2.85. The van der Waals surface area contributed by atoms with Gasteiger partial charge in [0.25, 0.3) is 0 Å². The summed E-state index contributed by atoms with van der Waals surface area (Å²) in [4.78, 5) is 15.4. The van der Waals surface area contributed by atoms with Gasteiger partial charge < -0.3 is 4.74 Å². The average Bonchev–Trinajstić information content (AvgIpc) is 2.18. The molecule has 0 bridgehead atoms. The van der Waals surface area contributed by atoms with Gasteiger partial charge >= 0.3 is 0 Å². The zero-order valence-electron chi connectivity index (χ0n) is 9.70. The Morgan fingerprint density at radius 3 is 2.73 bits per heavy atom. The maximum atomic E-state index is 11.3. The summed E-state index contributed by atoms with van der Waals surface area (Å²) >= 11 is 0. The van der Waals surface area contributed by atoms with E-state index in [4.69, 9.17) is 4.74 Å². The first-order valence-electron chi connectivity index (χ1n) is 5.11. The normalized spacial score (nSPS) is 11.2. The number of aromatic nitrogens is 1. The Balaban J connectivity index is 2.99. The van der Waals surface area contributed by atoms with Gasteiger partial charge in [-0.25, -0.2) is 4.98 Å². The summed E-state index contributed by atoms with van der Waals surface area (Å²) in [6, 6.07) is 3.47. The molecule has 1 aromatic rings. The lowest BCUT2D eigenvalue weighted by molar-refractivity contribution is 0.0914. The van der Waals surface area contributed by atoms with Crippen LogP contribution in [0.5, 0.6) is 5.88 Å². The van der Waals surface area contributed by atoms with Crippen LogP contribution in [0.1, 0.15) is 44.5 Å². The van der Waals surface area contributed by atoms with E-state index in [-0.39, 0.29) is 11.4 Å². The van der Waals surface area contributed by atoms with Crippen molar-refractivity contribution >= 4 is 5.78 Å². The summed E-state index contributed by atoms with van der Waals surface area (Å²) in [6.07, 6.45) is 2.49. The number of Topliss-reactive ketones (excluding diaryl/α,β-unsaturated/α-hetero) is 1. The molecule has 0 radical (unpaired) electrons. The minimum Gasteiger partial charge on any atom is -0.471 e. The number of hydrogen-bond acceptors (Lipinski definition) is 3. The zero-order valence-corrected chi connectivity index (χ0v) is 9.70. The molecule has 0 fully saturated rings. The molecule has 0 N–H and O–H groups in total. The molecule has 0 saturated carbocycles. The molecule has 0 saturated heterocycles. The number of hydrogen-bond donors (Lipinski definition) is 0. The van der Waals surface area contributed by atoms with Gasteiger partial charge in [-0.1, -0.05) is 6.92 Å². The molecule has 0 aromatic carbocycles. The summed E-state index contributed by atoms with van der Waals surface area (Å²) in [5.74, 6) is 0.404. The third-order valence-electron chi connectivity index (χ3n) is 2.37. The molecular formula is C12H17NO2. The Morgan fingerprint density at radius 1 is 1.53 bits per heavy atom. The van der Waals surface area contributed by atoms with Crippen LogP contribution in [0.2, 0.25) is 0 Å². The smallest absolute Gasteiger partial charge is 0.224 e. The number of ether oxygens (including phenoxy) is 1. The van der Waals surface area contributed by atoms with Crippen molar-refractivity contribution in [2.24, 2.45) is 0 Å². The number of ketones is 1. The second kappa shape index (κ2) is 4.43. The van der Waals surface area contributed by atoms with Crippen molar-refractivity contribution in [3.05, 3.63) is 23.9 Å². The third-order valence-corrected chi connectivity index (χ3v) is 2.37. The fourth-order valence-corrected chi connectivity index (χ4v) is 1.07. The second-order valence-corrected chi connectivity index (χ2v) is 4.13. The zero-order chi connectivity index (χ0) is 11.5. The molecule has 3 heteroatoms. The molecule has 82 valence electrons. The van der Waals surface area contributed by atoms with E-state index in [1.54, 1.807) is 18.3 Å². The third kappa shape index (κ3) is 3.05. The van der Waals surface area contributed by atoms with E-state index in [0.717, 1.165) is 6.42 Å². The SMILES string of the molecule is CCC(C)(C)Oc1ncccc1C(C)=O. The molecule has 0 aliphatic carbocycles. The van der Waals surface area contributed by atoms with Crippen molar-refractivity contribution in [2.75, 3.05) is 0 Å². The standard InChI is InChI=1S/C12H17NO2/c1-5-12(3,4)15-11-10(9(2)14)7-6-8-13-11/h6-8H,5H2,1-4H3. The van der Waals surface area contributed by atoms with Crippen LogP contribution in [0.15, 0.2) is 18.3 Å². The Kier molecular flexibility index (Phi) is 3.45. The highest BCUT2D eigenvalue weighted by Crippen LogP contribution is 2.22. The number of carbonyl (C=O) groups is 1. The lowest BCUT2D eigenvalue weighted by Crippen LogP contribution is -2.28. The van der Waals surface area contributed by atoms with Crippen LogP contribution in [0.25, 0.3) is 0 Å². The van der Waals surface area contributed by atoms with Gasteiger partial charge in [0.2, 0.25) is 5.88 Å². The highest BCUT2D eigenvalue weighted by molar-refractivity contribution is 5.96. The fourth-order valence-electron chi connectivity index (χ4n) is 1.07. The van der Waals surface area contributed by atoms with Crippen LogP contribution in [0.4, 0.5) is 0 Å². The van der Waals surface area contributed by atoms with E-state index < -0.39 is 0 Å². The molecule has 15 heavy (non-hydrogen) atoms. The molecule has 0 amide bonds.